The maximum Gasteiger partial charge on any atom is 0.314 e. The average molecular weight is 154 g/mol. The molecule has 0 fully saturated rings. The lowest BCUT2D eigenvalue weighted by Gasteiger charge is -1.94. The summed E-state index contributed by atoms with van der Waals surface area (Å²) in [6, 6.07) is 0. The molecule has 0 saturated heterocycles. The van der Waals surface area contributed by atoms with Gasteiger partial charge in [-0.25, -0.2) is 0 Å². The molecule has 0 bridgehead atoms. The van der Waals surface area contributed by atoms with Gasteiger partial charge in [0.1, 0.15) is 0 Å². The highest BCUT2D eigenvalue weighted by Crippen LogP contribution is 2.33. The monoisotopic (exact) mass is 154 g/mol. The van der Waals surface area contributed by atoms with Gasteiger partial charge in [0.25, 0.3) is 0 Å². The number of carboxylic acid groups (broad SMARTS) is 1. The molecule has 0 heterocycles. The molecule has 0 aliphatic heterocycles. The predicted octanol–water partition coefficient (Wildman–Crippen LogP) is 2.21. The summed E-state index contributed by atoms with van der Waals surface area (Å²) in [5.41, 5.74) is 1.13. The third-order valence-corrected chi connectivity index (χ3v) is 2.01. The first kappa shape index (κ1) is 8.31. The van der Waals surface area contributed by atoms with Crippen molar-refractivity contribution >= 4 is 5.97 Å². The Morgan fingerprint density at radius 2 is 2.36 bits per heavy atom. The molecule has 1 atom stereocenters. The fraction of sp³-hybridized carbons (Fsp3) is 0.667. The van der Waals surface area contributed by atoms with E-state index in [0.29, 0.717) is 0 Å². The highest BCUT2D eigenvalue weighted by Gasteiger charge is 2.30. The van der Waals surface area contributed by atoms with Crippen molar-refractivity contribution in [3.05, 3.63) is 11.6 Å². The molecule has 1 aliphatic carbocycles. The van der Waals surface area contributed by atoms with E-state index in [-0.39, 0.29) is 5.92 Å². The molecule has 0 aromatic rings. The standard InChI is InChI=1S/C9H14O2/c1-2-3-4-5-7-6-8(7)9(10)11/h6,8H,2-5H2,1H3,(H,10,11). The van der Waals surface area contributed by atoms with Crippen LogP contribution in [-0.2, 0) is 4.79 Å². The Bertz CT molecular complexity index is 182. The molecule has 1 N–H and O–H groups in total. The van der Waals surface area contributed by atoms with Crippen molar-refractivity contribution < 1.29 is 9.90 Å². The summed E-state index contributed by atoms with van der Waals surface area (Å²) in [7, 11) is 0. The molecule has 0 radical (unpaired) electrons. The van der Waals surface area contributed by atoms with Gasteiger partial charge in [-0.3, -0.25) is 4.79 Å². The van der Waals surface area contributed by atoms with Crippen molar-refractivity contribution in [2.45, 2.75) is 32.6 Å². The average Bonchev–Trinajstić information content (AvgIpc) is 2.68. The number of rotatable bonds is 5. The van der Waals surface area contributed by atoms with Crippen LogP contribution < -0.4 is 0 Å². The SMILES string of the molecule is CCCCCC1=CC1C(=O)O. The first-order valence-corrected chi connectivity index (χ1v) is 4.19. The topological polar surface area (TPSA) is 37.3 Å². The Morgan fingerprint density at radius 3 is 2.82 bits per heavy atom. The minimum absolute atomic E-state index is 0.202. The third kappa shape index (κ3) is 2.37. The second kappa shape index (κ2) is 3.56. The minimum atomic E-state index is -0.684. The zero-order chi connectivity index (χ0) is 8.27. The van der Waals surface area contributed by atoms with Crippen LogP contribution in [0.2, 0.25) is 0 Å². The maximum absolute atomic E-state index is 10.4. The third-order valence-electron chi connectivity index (χ3n) is 2.01. The molecule has 11 heavy (non-hydrogen) atoms. The molecule has 62 valence electrons. The molecule has 1 unspecified atom stereocenters. The summed E-state index contributed by atoms with van der Waals surface area (Å²) in [6.45, 7) is 2.15. The summed E-state index contributed by atoms with van der Waals surface area (Å²) < 4.78 is 0. The summed E-state index contributed by atoms with van der Waals surface area (Å²) in [5.74, 6) is -0.886. The van der Waals surface area contributed by atoms with Gasteiger partial charge in [0.05, 0.1) is 5.92 Å². The van der Waals surface area contributed by atoms with E-state index in [0.717, 1.165) is 18.4 Å². The van der Waals surface area contributed by atoms with E-state index in [9.17, 15) is 4.79 Å². The Labute approximate surface area is 66.9 Å². The molecule has 1 aliphatic rings. The van der Waals surface area contributed by atoms with Gasteiger partial charge in [0, 0.05) is 0 Å². The Morgan fingerprint density at radius 1 is 1.64 bits per heavy atom. The van der Waals surface area contributed by atoms with Gasteiger partial charge >= 0.3 is 5.97 Å². The van der Waals surface area contributed by atoms with E-state index in [4.69, 9.17) is 5.11 Å². The molecule has 0 spiro atoms. The zero-order valence-corrected chi connectivity index (χ0v) is 6.84. The number of carboxylic acids is 1. The highest BCUT2D eigenvalue weighted by molar-refractivity contribution is 5.81. The fourth-order valence-corrected chi connectivity index (χ4v) is 1.21. The van der Waals surface area contributed by atoms with E-state index in [1.165, 1.54) is 12.8 Å². The minimum Gasteiger partial charge on any atom is -0.481 e. The molecule has 0 amide bonds. The van der Waals surface area contributed by atoms with Gasteiger partial charge in [-0.1, -0.05) is 31.4 Å². The summed E-state index contributed by atoms with van der Waals surface area (Å²) in [4.78, 5) is 10.4. The van der Waals surface area contributed by atoms with Crippen molar-refractivity contribution in [1.82, 2.24) is 0 Å². The van der Waals surface area contributed by atoms with E-state index in [1.54, 1.807) is 0 Å². The van der Waals surface area contributed by atoms with Crippen LogP contribution in [0.5, 0.6) is 0 Å². The van der Waals surface area contributed by atoms with Gasteiger partial charge in [-0.2, -0.15) is 0 Å². The molecular formula is C9H14O2. The van der Waals surface area contributed by atoms with Crippen LogP contribution in [0.4, 0.5) is 0 Å². The summed E-state index contributed by atoms with van der Waals surface area (Å²) in [5, 5.41) is 8.53. The van der Waals surface area contributed by atoms with Crippen LogP contribution >= 0.6 is 0 Å². The molecule has 0 aromatic heterocycles. The summed E-state index contributed by atoms with van der Waals surface area (Å²) in [6.07, 6.45) is 6.39. The van der Waals surface area contributed by atoms with Crippen LogP contribution in [0.15, 0.2) is 11.6 Å². The van der Waals surface area contributed by atoms with Crippen molar-refractivity contribution in [2.24, 2.45) is 5.92 Å². The van der Waals surface area contributed by atoms with E-state index < -0.39 is 5.97 Å². The zero-order valence-electron chi connectivity index (χ0n) is 6.84. The molecular weight excluding hydrogens is 140 g/mol. The lowest BCUT2D eigenvalue weighted by atomic mass is 10.1. The summed E-state index contributed by atoms with van der Waals surface area (Å²) >= 11 is 0. The number of hydrogen-bond donors (Lipinski definition) is 1. The van der Waals surface area contributed by atoms with Gasteiger partial charge in [0.15, 0.2) is 0 Å². The molecule has 2 nitrogen and oxygen atoms in total. The molecule has 0 saturated carbocycles. The quantitative estimate of drug-likeness (QED) is 0.487. The van der Waals surface area contributed by atoms with Crippen molar-refractivity contribution in [3.63, 3.8) is 0 Å². The first-order valence-electron chi connectivity index (χ1n) is 4.19. The largest absolute Gasteiger partial charge is 0.481 e. The number of aliphatic carboxylic acids is 1. The predicted molar refractivity (Wildman–Crippen MR) is 43.4 cm³/mol. The van der Waals surface area contributed by atoms with Crippen LogP contribution in [0, 0.1) is 5.92 Å². The first-order chi connectivity index (χ1) is 5.25. The van der Waals surface area contributed by atoms with E-state index in [1.807, 2.05) is 6.08 Å². The van der Waals surface area contributed by atoms with Crippen LogP contribution in [0.1, 0.15) is 32.6 Å². The van der Waals surface area contributed by atoms with Gasteiger partial charge < -0.3 is 5.11 Å². The lowest BCUT2D eigenvalue weighted by molar-refractivity contribution is -0.137. The van der Waals surface area contributed by atoms with Gasteiger partial charge in [-0.05, 0) is 12.8 Å². The fourth-order valence-electron chi connectivity index (χ4n) is 1.21. The normalized spacial score (nSPS) is 21.2. The van der Waals surface area contributed by atoms with Crippen LogP contribution in [-0.4, -0.2) is 11.1 Å². The Balaban J connectivity index is 2.04. The van der Waals surface area contributed by atoms with Gasteiger partial charge in [-0.15, -0.1) is 0 Å². The highest BCUT2D eigenvalue weighted by atomic mass is 16.4. The maximum atomic E-state index is 10.4. The van der Waals surface area contributed by atoms with E-state index in [2.05, 4.69) is 6.92 Å². The number of hydrogen-bond acceptors (Lipinski definition) is 1. The molecule has 0 aromatic carbocycles. The van der Waals surface area contributed by atoms with Crippen LogP contribution in [0.3, 0.4) is 0 Å². The van der Waals surface area contributed by atoms with Gasteiger partial charge in [0.2, 0.25) is 0 Å². The second-order valence-electron chi connectivity index (χ2n) is 3.01. The molecule has 1 rings (SSSR count). The smallest absolute Gasteiger partial charge is 0.314 e. The van der Waals surface area contributed by atoms with Crippen molar-refractivity contribution in [3.8, 4) is 0 Å². The second-order valence-corrected chi connectivity index (χ2v) is 3.01. The number of carbonyl (C=O) groups is 1. The van der Waals surface area contributed by atoms with Crippen molar-refractivity contribution in [2.75, 3.05) is 0 Å². The lowest BCUT2D eigenvalue weighted by Crippen LogP contribution is -1.99. The number of unbranched alkanes of at least 4 members (excludes halogenated alkanes) is 2. The van der Waals surface area contributed by atoms with E-state index >= 15 is 0 Å². The molecule has 2 heteroatoms. The Kier molecular flexibility index (Phi) is 2.69. The van der Waals surface area contributed by atoms with Crippen molar-refractivity contribution in [1.29, 1.82) is 0 Å². The Hall–Kier alpha value is -0.790. The van der Waals surface area contributed by atoms with Crippen LogP contribution in [0.25, 0.3) is 0 Å².